The smallest absolute Gasteiger partial charge is 0.203 e. The maximum absolute atomic E-state index is 5.56. The zero-order valence-electron chi connectivity index (χ0n) is 26.9. The molecule has 1 N–H and O–H groups in total. The number of likely N-dealkylation sites (tertiary alicyclic amines) is 1. The monoisotopic (exact) mass is 614 g/mol. The van der Waals surface area contributed by atoms with Crippen LogP contribution in [0.2, 0.25) is 0 Å². The number of hydrogen-bond donors (Lipinski definition) is 1. The molecule has 1 saturated heterocycles. The summed E-state index contributed by atoms with van der Waals surface area (Å²) >= 11 is 0. The number of ether oxygens (including phenoxy) is 6. The Labute approximate surface area is 265 Å². The van der Waals surface area contributed by atoms with Crippen molar-refractivity contribution < 1.29 is 28.4 Å². The summed E-state index contributed by atoms with van der Waals surface area (Å²) in [5, 5.41) is 3.81. The van der Waals surface area contributed by atoms with Crippen molar-refractivity contribution >= 4 is 0 Å². The van der Waals surface area contributed by atoms with Crippen molar-refractivity contribution in [1.82, 2.24) is 20.2 Å². The SMILES string of the molecule is COc1cc(-c2cc(CNC3CCCCN3Cc3ccnc(-c4cc(OC)c(OC)c(OC)c4)c3)ccn2)cc(OC)c1OC. The first-order chi connectivity index (χ1) is 22.0. The van der Waals surface area contributed by atoms with Crippen LogP contribution in [0.3, 0.4) is 0 Å². The van der Waals surface area contributed by atoms with Gasteiger partial charge in [-0.2, -0.15) is 0 Å². The molecule has 1 unspecified atom stereocenters. The molecule has 10 nitrogen and oxygen atoms in total. The lowest BCUT2D eigenvalue weighted by molar-refractivity contribution is 0.111. The quantitative estimate of drug-likeness (QED) is 0.194. The molecule has 2 aromatic carbocycles. The molecule has 0 amide bonds. The van der Waals surface area contributed by atoms with Gasteiger partial charge in [-0.15, -0.1) is 0 Å². The molecule has 0 aliphatic carbocycles. The van der Waals surface area contributed by atoms with E-state index in [2.05, 4.69) is 38.4 Å². The number of hydrogen-bond acceptors (Lipinski definition) is 10. The van der Waals surface area contributed by atoms with E-state index < -0.39 is 0 Å². The lowest BCUT2D eigenvalue weighted by Crippen LogP contribution is -2.47. The Balaban J connectivity index is 1.30. The predicted molar refractivity (Wildman–Crippen MR) is 174 cm³/mol. The van der Waals surface area contributed by atoms with Gasteiger partial charge in [0.1, 0.15) is 0 Å². The van der Waals surface area contributed by atoms with E-state index in [4.69, 9.17) is 28.4 Å². The van der Waals surface area contributed by atoms with Crippen LogP contribution in [0.25, 0.3) is 22.5 Å². The summed E-state index contributed by atoms with van der Waals surface area (Å²) < 4.78 is 33.2. The number of nitrogens with zero attached hydrogens (tertiary/aromatic N) is 3. The van der Waals surface area contributed by atoms with Crippen LogP contribution >= 0.6 is 0 Å². The third-order valence-corrected chi connectivity index (χ3v) is 8.11. The lowest BCUT2D eigenvalue weighted by atomic mass is 10.0. The summed E-state index contributed by atoms with van der Waals surface area (Å²) in [7, 11) is 9.67. The van der Waals surface area contributed by atoms with Crippen LogP contribution in [0.5, 0.6) is 34.5 Å². The molecule has 45 heavy (non-hydrogen) atoms. The number of methoxy groups -OCH3 is 6. The molecule has 4 aromatic rings. The molecule has 5 rings (SSSR count). The Bertz CT molecular complexity index is 1550. The lowest BCUT2D eigenvalue weighted by Gasteiger charge is -2.36. The maximum Gasteiger partial charge on any atom is 0.203 e. The van der Waals surface area contributed by atoms with Crippen LogP contribution in [-0.4, -0.2) is 70.2 Å². The summed E-state index contributed by atoms with van der Waals surface area (Å²) in [4.78, 5) is 11.8. The van der Waals surface area contributed by atoms with E-state index in [0.29, 0.717) is 41.0 Å². The fourth-order valence-corrected chi connectivity index (χ4v) is 5.81. The van der Waals surface area contributed by atoms with E-state index in [1.807, 2.05) is 42.7 Å². The Morgan fingerprint density at radius 2 is 1.13 bits per heavy atom. The van der Waals surface area contributed by atoms with Gasteiger partial charge in [-0.25, -0.2) is 0 Å². The molecule has 1 atom stereocenters. The van der Waals surface area contributed by atoms with Crippen molar-refractivity contribution in [2.45, 2.75) is 38.5 Å². The third-order valence-electron chi connectivity index (χ3n) is 8.11. The van der Waals surface area contributed by atoms with Crippen LogP contribution in [0.4, 0.5) is 0 Å². The van der Waals surface area contributed by atoms with Crippen molar-refractivity contribution in [3.8, 4) is 57.0 Å². The Kier molecular flexibility index (Phi) is 10.6. The van der Waals surface area contributed by atoms with Gasteiger partial charge in [-0.3, -0.25) is 20.2 Å². The molecular weight excluding hydrogens is 572 g/mol. The highest BCUT2D eigenvalue weighted by molar-refractivity contribution is 5.70. The van der Waals surface area contributed by atoms with Gasteiger partial charge in [0, 0.05) is 36.6 Å². The molecule has 10 heteroatoms. The topological polar surface area (TPSA) is 96.4 Å². The van der Waals surface area contributed by atoms with Crippen LogP contribution in [0.1, 0.15) is 30.4 Å². The van der Waals surface area contributed by atoms with Gasteiger partial charge in [-0.1, -0.05) is 0 Å². The number of pyridine rings is 2. The van der Waals surface area contributed by atoms with E-state index in [1.165, 1.54) is 18.4 Å². The van der Waals surface area contributed by atoms with Crippen molar-refractivity contribution in [2.75, 3.05) is 49.2 Å². The third kappa shape index (κ3) is 7.24. The largest absolute Gasteiger partial charge is 0.493 e. The highest BCUT2D eigenvalue weighted by Crippen LogP contribution is 2.42. The molecule has 1 aliphatic rings. The average Bonchev–Trinajstić information content (AvgIpc) is 3.10. The molecule has 0 saturated carbocycles. The number of rotatable bonds is 13. The van der Waals surface area contributed by atoms with Gasteiger partial charge in [-0.05, 0) is 85.5 Å². The van der Waals surface area contributed by atoms with E-state index in [0.717, 1.165) is 47.6 Å². The molecule has 2 aromatic heterocycles. The minimum atomic E-state index is 0.245. The fourth-order valence-electron chi connectivity index (χ4n) is 5.81. The van der Waals surface area contributed by atoms with Crippen LogP contribution in [0.15, 0.2) is 60.9 Å². The highest BCUT2D eigenvalue weighted by Gasteiger charge is 2.23. The maximum atomic E-state index is 5.56. The molecule has 0 spiro atoms. The van der Waals surface area contributed by atoms with E-state index in [-0.39, 0.29) is 6.17 Å². The van der Waals surface area contributed by atoms with Crippen LogP contribution in [-0.2, 0) is 13.1 Å². The summed E-state index contributed by atoms with van der Waals surface area (Å²) in [5.41, 5.74) is 5.82. The molecule has 0 bridgehead atoms. The van der Waals surface area contributed by atoms with Crippen LogP contribution < -0.4 is 33.7 Å². The summed E-state index contributed by atoms with van der Waals surface area (Å²) in [6.45, 7) is 2.55. The minimum absolute atomic E-state index is 0.245. The van der Waals surface area contributed by atoms with Crippen molar-refractivity contribution in [3.05, 3.63) is 72.1 Å². The first kappa shape index (κ1) is 31.9. The highest BCUT2D eigenvalue weighted by atomic mass is 16.5. The molecule has 1 aliphatic heterocycles. The van der Waals surface area contributed by atoms with Gasteiger partial charge in [0.15, 0.2) is 23.0 Å². The predicted octanol–water partition coefficient (Wildman–Crippen LogP) is 5.96. The van der Waals surface area contributed by atoms with Crippen molar-refractivity contribution in [3.63, 3.8) is 0 Å². The van der Waals surface area contributed by atoms with Gasteiger partial charge >= 0.3 is 0 Å². The van der Waals surface area contributed by atoms with E-state index in [9.17, 15) is 0 Å². The average molecular weight is 615 g/mol. The standard InChI is InChI=1S/C35H42N4O6/c1-40-29-17-25(18-30(41-2)34(29)44-5)27-15-23(10-12-36-27)21-38-33-9-7-8-14-39(33)22-24-11-13-37-28(16-24)26-19-31(42-3)35(45-6)32(20-26)43-4/h10-13,15-20,33,38H,7-9,14,21-22H2,1-6H3. The summed E-state index contributed by atoms with van der Waals surface area (Å²) in [5.74, 6) is 3.52. The number of nitrogens with one attached hydrogen (secondary N) is 1. The van der Waals surface area contributed by atoms with Gasteiger partial charge < -0.3 is 28.4 Å². The molecule has 3 heterocycles. The summed E-state index contributed by atoms with van der Waals surface area (Å²) in [6.07, 6.45) is 7.39. The van der Waals surface area contributed by atoms with Gasteiger partial charge in [0.2, 0.25) is 11.5 Å². The number of benzene rings is 2. The second kappa shape index (κ2) is 15.0. The van der Waals surface area contributed by atoms with Gasteiger partial charge in [0.05, 0.1) is 60.2 Å². The Morgan fingerprint density at radius 1 is 0.644 bits per heavy atom. The minimum Gasteiger partial charge on any atom is -0.493 e. The van der Waals surface area contributed by atoms with Gasteiger partial charge in [0.25, 0.3) is 0 Å². The molecule has 0 radical (unpaired) electrons. The number of aromatic nitrogens is 2. The molecular formula is C35H42N4O6. The number of piperidine rings is 1. The Hall–Kier alpha value is -4.54. The first-order valence-corrected chi connectivity index (χ1v) is 15.0. The molecule has 1 fully saturated rings. The zero-order chi connectivity index (χ0) is 31.8. The fraction of sp³-hybridized carbons (Fsp3) is 0.371. The Morgan fingerprint density at radius 3 is 1.62 bits per heavy atom. The first-order valence-electron chi connectivity index (χ1n) is 15.0. The summed E-state index contributed by atoms with van der Waals surface area (Å²) in [6, 6.07) is 16.1. The van der Waals surface area contributed by atoms with Crippen molar-refractivity contribution in [1.29, 1.82) is 0 Å². The van der Waals surface area contributed by atoms with Crippen LogP contribution in [0, 0.1) is 0 Å². The second-order valence-corrected chi connectivity index (χ2v) is 10.8. The normalized spacial score (nSPS) is 14.9. The van der Waals surface area contributed by atoms with Crippen molar-refractivity contribution in [2.24, 2.45) is 0 Å². The zero-order valence-corrected chi connectivity index (χ0v) is 26.9. The second-order valence-electron chi connectivity index (χ2n) is 10.8. The molecule has 238 valence electrons. The van der Waals surface area contributed by atoms with E-state index in [1.54, 1.807) is 42.7 Å². The van der Waals surface area contributed by atoms with E-state index >= 15 is 0 Å².